The second-order valence-electron chi connectivity index (χ2n) is 6.73. The second kappa shape index (κ2) is 7.20. The lowest BCUT2D eigenvalue weighted by Gasteiger charge is -2.24. The van der Waals surface area contributed by atoms with E-state index in [2.05, 4.69) is 10.3 Å². The fourth-order valence-corrected chi connectivity index (χ4v) is 3.80. The molecule has 2 atom stereocenters. The van der Waals surface area contributed by atoms with Gasteiger partial charge in [0.25, 0.3) is 0 Å². The first-order valence-electron chi connectivity index (χ1n) is 8.68. The van der Waals surface area contributed by atoms with Gasteiger partial charge in [0, 0.05) is 30.8 Å². The molecule has 6 heteroatoms. The Bertz CT molecular complexity index is 613. The number of carbonyl (C=O) groups is 2. The Morgan fingerprint density at radius 2 is 2.17 bits per heavy atom. The van der Waals surface area contributed by atoms with Crippen molar-refractivity contribution in [3.8, 4) is 5.75 Å². The number of rotatable bonds is 5. The van der Waals surface area contributed by atoms with Crippen molar-refractivity contribution < 1.29 is 14.3 Å². The molecule has 0 aromatic carbocycles. The molecule has 6 nitrogen and oxygen atoms in total. The first-order chi connectivity index (χ1) is 11.6. The van der Waals surface area contributed by atoms with Crippen LogP contribution in [-0.4, -0.2) is 41.4 Å². The van der Waals surface area contributed by atoms with Gasteiger partial charge < -0.3 is 15.0 Å². The molecule has 1 saturated carbocycles. The van der Waals surface area contributed by atoms with Crippen LogP contribution in [0.3, 0.4) is 0 Å². The average Bonchev–Trinajstić information content (AvgIpc) is 3.23. The van der Waals surface area contributed by atoms with Crippen molar-refractivity contribution in [2.24, 2.45) is 5.92 Å². The Morgan fingerprint density at radius 1 is 1.42 bits per heavy atom. The van der Waals surface area contributed by atoms with E-state index >= 15 is 0 Å². The fraction of sp³-hybridized carbons (Fsp3) is 0.611. The predicted molar refractivity (Wildman–Crippen MR) is 89.4 cm³/mol. The molecule has 1 aliphatic heterocycles. The monoisotopic (exact) mass is 331 g/mol. The van der Waals surface area contributed by atoms with Crippen LogP contribution in [0.4, 0.5) is 0 Å². The van der Waals surface area contributed by atoms with Crippen molar-refractivity contribution in [3.05, 3.63) is 24.0 Å². The maximum atomic E-state index is 12.6. The first kappa shape index (κ1) is 16.7. The van der Waals surface area contributed by atoms with Crippen LogP contribution in [0.5, 0.6) is 5.75 Å². The Hall–Kier alpha value is -2.11. The second-order valence-corrected chi connectivity index (χ2v) is 6.73. The number of aromatic nitrogens is 1. The number of carbonyl (C=O) groups excluding carboxylic acids is 2. The Morgan fingerprint density at radius 3 is 2.88 bits per heavy atom. The SMILES string of the molecule is COc1cnccc1[C@@H](C)NC(=O)[C@H]1CC(=O)N(C2CCCC2)C1. The highest BCUT2D eigenvalue weighted by Gasteiger charge is 2.38. The lowest BCUT2D eigenvalue weighted by atomic mass is 10.1. The van der Waals surface area contributed by atoms with E-state index in [0.29, 0.717) is 24.8 Å². The molecule has 2 amide bonds. The summed E-state index contributed by atoms with van der Waals surface area (Å²) in [7, 11) is 1.59. The van der Waals surface area contributed by atoms with Gasteiger partial charge in [-0.05, 0) is 25.8 Å². The van der Waals surface area contributed by atoms with Crippen LogP contribution in [0.2, 0.25) is 0 Å². The van der Waals surface area contributed by atoms with Gasteiger partial charge in [-0.1, -0.05) is 12.8 Å². The third-order valence-corrected chi connectivity index (χ3v) is 5.16. The summed E-state index contributed by atoms with van der Waals surface area (Å²) in [4.78, 5) is 30.8. The molecule has 0 unspecified atom stereocenters. The molecule has 1 aromatic heterocycles. The number of ether oxygens (including phenoxy) is 1. The van der Waals surface area contributed by atoms with Crippen LogP contribution >= 0.6 is 0 Å². The molecule has 0 spiro atoms. The molecular formula is C18H25N3O3. The van der Waals surface area contributed by atoms with Gasteiger partial charge >= 0.3 is 0 Å². The molecule has 2 fully saturated rings. The number of hydrogen-bond donors (Lipinski definition) is 1. The summed E-state index contributed by atoms with van der Waals surface area (Å²) in [6, 6.07) is 1.99. The highest BCUT2D eigenvalue weighted by molar-refractivity contribution is 5.89. The van der Waals surface area contributed by atoms with Gasteiger partial charge in [-0.3, -0.25) is 14.6 Å². The Balaban J connectivity index is 1.61. The number of nitrogens with zero attached hydrogens (tertiary/aromatic N) is 2. The number of hydrogen-bond acceptors (Lipinski definition) is 4. The number of nitrogens with one attached hydrogen (secondary N) is 1. The minimum atomic E-state index is -0.256. The van der Waals surface area contributed by atoms with Gasteiger partial charge in [-0.25, -0.2) is 0 Å². The van der Waals surface area contributed by atoms with E-state index in [9.17, 15) is 9.59 Å². The van der Waals surface area contributed by atoms with E-state index in [1.165, 1.54) is 12.8 Å². The van der Waals surface area contributed by atoms with Crippen molar-refractivity contribution in [1.29, 1.82) is 0 Å². The summed E-state index contributed by atoms with van der Waals surface area (Å²) in [5, 5.41) is 3.02. The summed E-state index contributed by atoms with van der Waals surface area (Å²) < 4.78 is 5.30. The summed E-state index contributed by atoms with van der Waals surface area (Å²) >= 11 is 0. The van der Waals surface area contributed by atoms with Gasteiger partial charge in [-0.15, -0.1) is 0 Å². The van der Waals surface area contributed by atoms with Crippen LogP contribution in [0, 0.1) is 5.92 Å². The van der Waals surface area contributed by atoms with Gasteiger partial charge in [0.05, 0.1) is 25.3 Å². The standard InChI is InChI=1S/C18H25N3O3/c1-12(15-7-8-19-10-16(15)24-2)20-18(23)13-9-17(22)21(11-13)14-5-3-4-6-14/h7-8,10,12-14H,3-6,9,11H2,1-2H3,(H,20,23)/t12-,13+/m1/s1. The lowest BCUT2D eigenvalue weighted by molar-refractivity contribution is -0.130. The summed E-state index contributed by atoms with van der Waals surface area (Å²) in [6.07, 6.45) is 8.16. The summed E-state index contributed by atoms with van der Waals surface area (Å²) in [6.45, 7) is 2.47. The molecular weight excluding hydrogens is 306 g/mol. The third kappa shape index (κ3) is 3.37. The lowest BCUT2D eigenvalue weighted by Crippen LogP contribution is -2.37. The van der Waals surface area contributed by atoms with Gasteiger partial charge in [0.2, 0.25) is 11.8 Å². The predicted octanol–water partition coefficient (Wildman–Crippen LogP) is 2.06. The molecule has 2 aliphatic rings. The number of pyridine rings is 1. The average molecular weight is 331 g/mol. The largest absolute Gasteiger partial charge is 0.495 e. The minimum absolute atomic E-state index is 0.0600. The molecule has 2 heterocycles. The normalized spacial score (nSPS) is 22.7. The van der Waals surface area contributed by atoms with Crippen molar-refractivity contribution in [2.75, 3.05) is 13.7 Å². The maximum Gasteiger partial charge on any atom is 0.225 e. The smallest absolute Gasteiger partial charge is 0.225 e. The third-order valence-electron chi connectivity index (χ3n) is 5.16. The van der Waals surface area contributed by atoms with Gasteiger partial charge in [0.1, 0.15) is 5.75 Å². The first-order valence-corrected chi connectivity index (χ1v) is 8.68. The number of amides is 2. The van der Waals surface area contributed by atoms with Crippen molar-refractivity contribution in [1.82, 2.24) is 15.2 Å². The highest BCUT2D eigenvalue weighted by atomic mass is 16.5. The molecule has 1 aliphatic carbocycles. The topological polar surface area (TPSA) is 71.5 Å². The van der Waals surface area contributed by atoms with Crippen LogP contribution in [0.15, 0.2) is 18.5 Å². The minimum Gasteiger partial charge on any atom is -0.495 e. The van der Waals surface area contributed by atoms with Gasteiger partial charge in [0.15, 0.2) is 0 Å². The van der Waals surface area contributed by atoms with Crippen LogP contribution < -0.4 is 10.1 Å². The molecule has 0 bridgehead atoms. The van der Waals surface area contributed by atoms with Crippen LogP contribution in [0.25, 0.3) is 0 Å². The quantitative estimate of drug-likeness (QED) is 0.896. The molecule has 24 heavy (non-hydrogen) atoms. The van der Waals surface area contributed by atoms with Crippen molar-refractivity contribution in [3.63, 3.8) is 0 Å². The Labute approximate surface area is 142 Å². The molecule has 130 valence electrons. The maximum absolute atomic E-state index is 12.6. The zero-order valence-corrected chi connectivity index (χ0v) is 14.3. The Kier molecular flexibility index (Phi) is 5.02. The van der Waals surface area contributed by atoms with E-state index < -0.39 is 0 Å². The number of likely N-dealkylation sites (tertiary alicyclic amines) is 1. The van der Waals surface area contributed by atoms with E-state index in [-0.39, 0.29) is 23.8 Å². The molecule has 3 rings (SSSR count). The molecule has 1 N–H and O–H groups in total. The van der Waals surface area contributed by atoms with Gasteiger partial charge in [-0.2, -0.15) is 0 Å². The summed E-state index contributed by atoms with van der Waals surface area (Å²) in [5.74, 6) is 0.458. The van der Waals surface area contributed by atoms with Crippen molar-refractivity contribution >= 4 is 11.8 Å². The van der Waals surface area contributed by atoms with E-state index in [1.54, 1.807) is 19.5 Å². The highest BCUT2D eigenvalue weighted by Crippen LogP contribution is 2.30. The number of methoxy groups -OCH3 is 1. The van der Waals surface area contributed by atoms with E-state index in [1.807, 2.05) is 17.9 Å². The molecule has 1 saturated heterocycles. The molecule has 0 radical (unpaired) electrons. The van der Waals surface area contributed by atoms with Crippen LogP contribution in [-0.2, 0) is 9.59 Å². The summed E-state index contributed by atoms with van der Waals surface area (Å²) in [5.41, 5.74) is 0.887. The zero-order valence-electron chi connectivity index (χ0n) is 14.3. The van der Waals surface area contributed by atoms with E-state index in [0.717, 1.165) is 18.4 Å². The van der Waals surface area contributed by atoms with Crippen LogP contribution in [0.1, 0.15) is 50.6 Å². The van der Waals surface area contributed by atoms with E-state index in [4.69, 9.17) is 4.74 Å². The van der Waals surface area contributed by atoms with Crippen molar-refractivity contribution in [2.45, 2.75) is 51.1 Å². The molecule has 1 aromatic rings. The zero-order chi connectivity index (χ0) is 17.1. The fourth-order valence-electron chi connectivity index (χ4n) is 3.80.